The van der Waals surface area contributed by atoms with Crippen molar-refractivity contribution in [1.82, 2.24) is 4.90 Å². The molecule has 4 rings (SSSR count). The predicted octanol–water partition coefficient (Wildman–Crippen LogP) is 3.81. The van der Waals surface area contributed by atoms with Crippen molar-refractivity contribution in [3.05, 3.63) is 59.2 Å². The van der Waals surface area contributed by atoms with Gasteiger partial charge in [0.25, 0.3) is 0 Å². The van der Waals surface area contributed by atoms with Gasteiger partial charge in [0.15, 0.2) is 0 Å². The van der Waals surface area contributed by atoms with E-state index in [2.05, 4.69) is 27.3 Å². The average molecular weight is 377 g/mol. The molecule has 1 saturated heterocycles. The highest BCUT2D eigenvalue weighted by atomic mass is 16.4. The van der Waals surface area contributed by atoms with Gasteiger partial charge in [0.1, 0.15) is 5.92 Å². The Labute approximate surface area is 163 Å². The summed E-state index contributed by atoms with van der Waals surface area (Å²) in [5.41, 5.74) is 3.49. The minimum Gasteiger partial charge on any atom is -0.478 e. The Morgan fingerprint density at radius 2 is 1.89 bits per heavy atom. The molecule has 6 nitrogen and oxygen atoms in total. The number of nitrogens with one attached hydrogen (secondary N) is 1. The van der Waals surface area contributed by atoms with Gasteiger partial charge in [-0.05, 0) is 67.4 Å². The first-order chi connectivity index (χ1) is 13.6. The molecular formula is C22H23N3O3. The molecule has 2 aromatic carbocycles. The lowest BCUT2D eigenvalue weighted by Gasteiger charge is -2.26. The number of nitrogens with zero attached hydrogens (tertiary/aromatic N) is 2. The number of aromatic carboxylic acids is 1. The number of carboxylic acid groups (broad SMARTS) is 1. The first-order valence-electron chi connectivity index (χ1n) is 9.64. The molecule has 2 aliphatic rings. The average Bonchev–Trinajstić information content (AvgIpc) is 3.02. The van der Waals surface area contributed by atoms with Crippen LogP contribution >= 0.6 is 0 Å². The van der Waals surface area contributed by atoms with Crippen LogP contribution in [0.3, 0.4) is 0 Å². The SMILES string of the molecule is O=C(O)c1ccc2c(c1)C(C=Nc1ccc(CN3CCCCC3)cc1)C(=O)N2. The largest absolute Gasteiger partial charge is 0.478 e. The van der Waals surface area contributed by atoms with E-state index in [-0.39, 0.29) is 11.5 Å². The fourth-order valence-electron chi connectivity index (χ4n) is 3.79. The summed E-state index contributed by atoms with van der Waals surface area (Å²) in [4.78, 5) is 30.4. The summed E-state index contributed by atoms with van der Waals surface area (Å²) in [6, 6.07) is 12.7. The molecule has 2 N–H and O–H groups in total. The molecule has 0 aromatic heterocycles. The molecule has 6 heteroatoms. The van der Waals surface area contributed by atoms with E-state index >= 15 is 0 Å². The Hall–Kier alpha value is -2.99. The molecule has 1 atom stereocenters. The summed E-state index contributed by atoms with van der Waals surface area (Å²) in [6.45, 7) is 3.28. The maximum atomic E-state index is 12.3. The number of benzene rings is 2. The number of hydrogen-bond acceptors (Lipinski definition) is 4. The fourth-order valence-corrected chi connectivity index (χ4v) is 3.79. The summed E-state index contributed by atoms with van der Waals surface area (Å²) in [6.07, 6.45) is 5.47. The Balaban J connectivity index is 1.46. The summed E-state index contributed by atoms with van der Waals surface area (Å²) < 4.78 is 0. The van der Waals surface area contributed by atoms with Crippen LogP contribution in [0.5, 0.6) is 0 Å². The molecule has 1 amide bonds. The maximum absolute atomic E-state index is 12.3. The second-order valence-electron chi connectivity index (χ2n) is 7.36. The molecular weight excluding hydrogens is 354 g/mol. The van der Waals surface area contributed by atoms with Crippen molar-refractivity contribution in [2.75, 3.05) is 18.4 Å². The molecule has 0 radical (unpaired) electrons. The number of likely N-dealkylation sites (tertiary alicyclic amines) is 1. The first kappa shape index (κ1) is 18.4. The van der Waals surface area contributed by atoms with Gasteiger partial charge in [-0.1, -0.05) is 18.6 Å². The van der Waals surface area contributed by atoms with Crippen LogP contribution in [-0.2, 0) is 11.3 Å². The van der Waals surface area contributed by atoms with E-state index in [0.717, 1.165) is 25.3 Å². The van der Waals surface area contributed by atoms with Crippen molar-refractivity contribution in [2.24, 2.45) is 4.99 Å². The number of carboxylic acids is 1. The third-order valence-electron chi connectivity index (χ3n) is 5.34. The molecule has 28 heavy (non-hydrogen) atoms. The van der Waals surface area contributed by atoms with Crippen molar-refractivity contribution in [3.8, 4) is 0 Å². The number of rotatable bonds is 5. The van der Waals surface area contributed by atoms with E-state index in [9.17, 15) is 14.7 Å². The third kappa shape index (κ3) is 3.97. The highest BCUT2D eigenvalue weighted by Crippen LogP contribution is 2.32. The second-order valence-corrected chi connectivity index (χ2v) is 7.36. The van der Waals surface area contributed by atoms with Crippen molar-refractivity contribution in [1.29, 1.82) is 0 Å². The predicted molar refractivity (Wildman–Crippen MR) is 108 cm³/mol. The lowest BCUT2D eigenvalue weighted by atomic mass is 9.99. The molecule has 2 heterocycles. The number of piperidine rings is 1. The molecule has 0 aliphatic carbocycles. The van der Waals surface area contributed by atoms with Crippen LogP contribution in [0.25, 0.3) is 0 Å². The van der Waals surface area contributed by atoms with E-state index in [4.69, 9.17) is 0 Å². The first-order valence-corrected chi connectivity index (χ1v) is 9.64. The lowest BCUT2D eigenvalue weighted by Crippen LogP contribution is -2.28. The third-order valence-corrected chi connectivity index (χ3v) is 5.34. The van der Waals surface area contributed by atoms with E-state index in [0.29, 0.717) is 11.3 Å². The highest BCUT2D eigenvalue weighted by Gasteiger charge is 2.29. The van der Waals surface area contributed by atoms with Crippen LogP contribution in [0.1, 0.15) is 46.7 Å². The number of carbonyl (C=O) groups is 2. The fraction of sp³-hybridized carbons (Fsp3) is 0.318. The number of amides is 1. The zero-order valence-corrected chi connectivity index (χ0v) is 15.6. The van der Waals surface area contributed by atoms with Crippen LogP contribution in [0.4, 0.5) is 11.4 Å². The van der Waals surface area contributed by atoms with Crippen LogP contribution < -0.4 is 5.32 Å². The second kappa shape index (κ2) is 7.94. The van der Waals surface area contributed by atoms with Crippen LogP contribution in [0.2, 0.25) is 0 Å². The highest BCUT2D eigenvalue weighted by molar-refractivity contribution is 6.13. The van der Waals surface area contributed by atoms with Gasteiger partial charge in [0.2, 0.25) is 5.91 Å². The van der Waals surface area contributed by atoms with Gasteiger partial charge in [-0.25, -0.2) is 4.79 Å². The van der Waals surface area contributed by atoms with Crippen LogP contribution in [0.15, 0.2) is 47.5 Å². The number of fused-ring (bicyclic) bond motifs is 1. The monoisotopic (exact) mass is 377 g/mol. The van der Waals surface area contributed by atoms with E-state index in [1.54, 1.807) is 12.3 Å². The van der Waals surface area contributed by atoms with Gasteiger partial charge in [-0.3, -0.25) is 14.7 Å². The number of aliphatic imine (C=N–C) groups is 1. The summed E-state index contributed by atoms with van der Waals surface area (Å²) >= 11 is 0. The van der Waals surface area contributed by atoms with Crippen molar-refractivity contribution in [2.45, 2.75) is 31.7 Å². The molecule has 0 bridgehead atoms. The van der Waals surface area contributed by atoms with Gasteiger partial charge in [0, 0.05) is 18.4 Å². The van der Waals surface area contributed by atoms with Gasteiger partial charge in [-0.15, -0.1) is 0 Å². The Morgan fingerprint density at radius 3 is 2.61 bits per heavy atom. The summed E-state index contributed by atoms with van der Waals surface area (Å²) in [5.74, 6) is -1.78. The minimum atomic E-state index is -1.01. The van der Waals surface area contributed by atoms with E-state index in [1.165, 1.54) is 37.0 Å². The van der Waals surface area contributed by atoms with Crippen LogP contribution in [0, 0.1) is 0 Å². The number of carbonyl (C=O) groups excluding carboxylic acids is 1. The van der Waals surface area contributed by atoms with Gasteiger partial charge in [0.05, 0.1) is 11.3 Å². The Bertz CT molecular complexity index is 915. The lowest BCUT2D eigenvalue weighted by molar-refractivity contribution is -0.115. The van der Waals surface area contributed by atoms with E-state index in [1.807, 2.05) is 12.1 Å². The van der Waals surface area contributed by atoms with Gasteiger partial charge < -0.3 is 10.4 Å². The van der Waals surface area contributed by atoms with Gasteiger partial charge >= 0.3 is 5.97 Å². The summed E-state index contributed by atoms with van der Waals surface area (Å²) in [5, 5.41) is 12.0. The Morgan fingerprint density at radius 1 is 1.14 bits per heavy atom. The number of hydrogen-bond donors (Lipinski definition) is 2. The molecule has 1 fully saturated rings. The van der Waals surface area contributed by atoms with Crippen molar-refractivity contribution >= 4 is 29.5 Å². The number of anilines is 1. The molecule has 2 aromatic rings. The quantitative estimate of drug-likeness (QED) is 0.777. The molecule has 0 saturated carbocycles. The van der Waals surface area contributed by atoms with Gasteiger partial charge in [-0.2, -0.15) is 0 Å². The minimum absolute atomic E-state index is 0.163. The van der Waals surface area contributed by atoms with Crippen molar-refractivity contribution < 1.29 is 14.7 Å². The van der Waals surface area contributed by atoms with Crippen LogP contribution in [-0.4, -0.2) is 41.2 Å². The zero-order chi connectivity index (χ0) is 19.5. The normalized spacial score (nSPS) is 19.6. The standard InChI is InChI=1S/C22H23N3O3/c26-21-19(18-12-16(22(27)28)6-9-20(18)24-21)13-23-17-7-4-15(5-8-17)14-25-10-2-1-3-11-25/h4-9,12-13,19H,1-3,10-11,14H2,(H,24,26)(H,27,28). The van der Waals surface area contributed by atoms with Crippen molar-refractivity contribution in [3.63, 3.8) is 0 Å². The topological polar surface area (TPSA) is 82.0 Å². The molecule has 144 valence electrons. The van der Waals surface area contributed by atoms with E-state index < -0.39 is 11.9 Å². The molecule has 1 unspecified atom stereocenters. The zero-order valence-electron chi connectivity index (χ0n) is 15.6. The molecule has 2 aliphatic heterocycles. The molecule has 0 spiro atoms. The maximum Gasteiger partial charge on any atom is 0.335 e. The Kier molecular flexibility index (Phi) is 5.21. The smallest absolute Gasteiger partial charge is 0.335 e. The summed E-state index contributed by atoms with van der Waals surface area (Å²) in [7, 11) is 0.